The van der Waals surface area contributed by atoms with Gasteiger partial charge in [-0.1, -0.05) is 0 Å². The number of aromatic carboxylic acids is 1. The normalized spacial score (nSPS) is 13.0. The molecular formula is C15H19N3O4S. The van der Waals surface area contributed by atoms with E-state index in [2.05, 4.69) is 9.71 Å². The number of nitrogens with one attached hydrogen (secondary N) is 1. The number of pyridine rings is 1. The van der Waals surface area contributed by atoms with Gasteiger partial charge in [-0.15, -0.1) is 0 Å². The maximum absolute atomic E-state index is 12.3. The molecule has 7 nitrogen and oxygen atoms in total. The van der Waals surface area contributed by atoms with E-state index in [-0.39, 0.29) is 16.5 Å². The highest BCUT2D eigenvalue weighted by Crippen LogP contribution is 2.12. The average Bonchev–Trinajstić information content (AvgIpc) is 2.90. The highest BCUT2D eigenvalue weighted by Gasteiger charge is 2.19. The number of rotatable bonds is 7. The lowest BCUT2D eigenvalue weighted by Crippen LogP contribution is -2.33. The molecule has 1 atom stereocenters. The molecule has 0 radical (unpaired) electrons. The Balaban J connectivity index is 2.04. The zero-order valence-corrected chi connectivity index (χ0v) is 13.7. The monoisotopic (exact) mass is 337 g/mol. The number of nitrogens with zero attached hydrogens (tertiary/aromatic N) is 2. The maximum Gasteiger partial charge on any atom is 0.337 e. The van der Waals surface area contributed by atoms with Crippen LogP contribution in [0.4, 0.5) is 0 Å². The van der Waals surface area contributed by atoms with Crippen molar-refractivity contribution in [2.24, 2.45) is 7.05 Å². The number of hydrogen-bond donors (Lipinski definition) is 2. The van der Waals surface area contributed by atoms with Gasteiger partial charge in [0.2, 0.25) is 10.0 Å². The molecule has 8 heteroatoms. The highest BCUT2D eigenvalue weighted by atomic mass is 32.2. The minimum Gasteiger partial charge on any atom is -0.478 e. The van der Waals surface area contributed by atoms with Crippen LogP contribution in [0.2, 0.25) is 0 Å². The standard InChI is InChI=1S/C15H19N3O4S/c1-11(5-6-13-4-3-7-18(13)2)17-23(21,22)14-8-12(15(19)20)9-16-10-14/h3-4,7-11,17H,5-6H2,1-2H3,(H,19,20). The predicted octanol–water partition coefficient (Wildman–Crippen LogP) is 1.42. The smallest absolute Gasteiger partial charge is 0.337 e. The summed E-state index contributed by atoms with van der Waals surface area (Å²) in [6.45, 7) is 1.77. The lowest BCUT2D eigenvalue weighted by atomic mass is 10.1. The van der Waals surface area contributed by atoms with Gasteiger partial charge in [0.1, 0.15) is 4.90 Å². The molecule has 0 aliphatic heterocycles. The molecule has 23 heavy (non-hydrogen) atoms. The lowest BCUT2D eigenvalue weighted by molar-refractivity contribution is 0.0696. The molecule has 0 aliphatic rings. The minimum absolute atomic E-state index is 0.150. The molecule has 0 aromatic carbocycles. The summed E-state index contributed by atoms with van der Waals surface area (Å²) in [6.07, 6.45) is 5.55. The summed E-state index contributed by atoms with van der Waals surface area (Å²) in [6, 6.07) is 4.74. The molecule has 2 aromatic heterocycles. The number of aryl methyl sites for hydroxylation is 2. The Bertz CT molecular complexity index is 799. The van der Waals surface area contributed by atoms with Gasteiger partial charge in [-0.25, -0.2) is 17.9 Å². The summed E-state index contributed by atoms with van der Waals surface area (Å²) in [5.74, 6) is -1.22. The number of carboxylic acids is 1. The van der Waals surface area contributed by atoms with E-state index >= 15 is 0 Å². The van der Waals surface area contributed by atoms with Gasteiger partial charge in [0.25, 0.3) is 0 Å². The molecule has 0 amide bonds. The number of sulfonamides is 1. The summed E-state index contributed by atoms with van der Waals surface area (Å²) in [7, 11) is -1.86. The maximum atomic E-state index is 12.3. The number of aromatic nitrogens is 2. The van der Waals surface area contributed by atoms with E-state index in [1.807, 2.05) is 29.9 Å². The van der Waals surface area contributed by atoms with Gasteiger partial charge < -0.3 is 9.67 Å². The molecule has 1 unspecified atom stereocenters. The van der Waals surface area contributed by atoms with Gasteiger partial charge in [-0.2, -0.15) is 0 Å². The number of carboxylic acid groups (broad SMARTS) is 1. The Morgan fingerprint density at radius 2 is 2.17 bits per heavy atom. The molecule has 2 aromatic rings. The van der Waals surface area contributed by atoms with Gasteiger partial charge in [0, 0.05) is 37.4 Å². The predicted molar refractivity (Wildman–Crippen MR) is 84.7 cm³/mol. The molecule has 2 heterocycles. The Morgan fingerprint density at radius 3 is 2.78 bits per heavy atom. The van der Waals surface area contributed by atoms with E-state index in [4.69, 9.17) is 5.11 Å². The molecular weight excluding hydrogens is 318 g/mol. The Hall–Kier alpha value is -2.19. The first-order chi connectivity index (χ1) is 10.8. The first kappa shape index (κ1) is 17.2. The molecule has 0 bridgehead atoms. The summed E-state index contributed by atoms with van der Waals surface area (Å²) < 4.78 is 29.1. The largest absolute Gasteiger partial charge is 0.478 e. The third kappa shape index (κ3) is 4.40. The summed E-state index contributed by atoms with van der Waals surface area (Å²) in [4.78, 5) is 14.4. The van der Waals surface area contributed by atoms with E-state index in [0.29, 0.717) is 6.42 Å². The zero-order chi connectivity index (χ0) is 17.0. The van der Waals surface area contributed by atoms with Crippen molar-refractivity contribution in [2.45, 2.75) is 30.7 Å². The topological polar surface area (TPSA) is 101 Å². The third-order valence-corrected chi connectivity index (χ3v) is 5.07. The van der Waals surface area contributed by atoms with Crippen molar-refractivity contribution in [3.63, 3.8) is 0 Å². The second kappa shape index (κ2) is 6.93. The second-order valence-corrected chi connectivity index (χ2v) is 7.10. The SMILES string of the molecule is CC(CCc1cccn1C)NS(=O)(=O)c1cncc(C(=O)O)c1. The van der Waals surface area contributed by atoms with E-state index in [1.54, 1.807) is 6.92 Å². The van der Waals surface area contributed by atoms with Crippen molar-refractivity contribution < 1.29 is 18.3 Å². The first-order valence-corrected chi connectivity index (χ1v) is 8.59. The molecule has 0 aliphatic carbocycles. The lowest BCUT2D eigenvalue weighted by Gasteiger charge is -2.14. The van der Waals surface area contributed by atoms with Crippen LogP contribution in [-0.4, -0.2) is 35.1 Å². The molecule has 0 saturated heterocycles. The van der Waals surface area contributed by atoms with Gasteiger partial charge in [0.15, 0.2) is 0 Å². The van der Waals surface area contributed by atoms with E-state index in [1.165, 1.54) is 0 Å². The van der Waals surface area contributed by atoms with Crippen LogP contribution in [0.1, 0.15) is 29.4 Å². The van der Waals surface area contributed by atoms with Gasteiger partial charge in [-0.05, 0) is 38.0 Å². The van der Waals surface area contributed by atoms with Crippen LogP contribution in [-0.2, 0) is 23.5 Å². The van der Waals surface area contributed by atoms with Gasteiger partial charge in [-0.3, -0.25) is 4.98 Å². The minimum atomic E-state index is -3.80. The van der Waals surface area contributed by atoms with E-state index < -0.39 is 16.0 Å². The zero-order valence-electron chi connectivity index (χ0n) is 12.9. The second-order valence-electron chi connectivity index (χ2n) is 5.39. The Labute approximate surface area is 135 Å². The van der Waals surface area contributed by atoms with Crippen molar-refractivity contribution in [2.75, 3.05) is 0 Å². The highest BCUT2D eigenvalue weighted by molar-refractivity contribution is 7.89. The molecule has 2 rings (SSSR count). The van der Waals surface area contributed by atoms with Crippen LogP contribution >= 0.6 is 0 Å². The first-order valence-electron chi connectivity index (χ1n) is 7.10. The fourth-order valence-electron chi connectivity index (χ4n) is 2.20. The van der Waals surface area contributed by atoms with E-state index in [0.717, 1.165) is 30.6 Å². The van der Waals surface area contributed by atoms with E-state index in [9.17, 15) is 13.2 Å². The fourth-order valence-corrected chi connectivity index (χ4v) is 3.46. The third-order valence-electron chi connectivity index (χ3n) is 3.51. The van der Waals surface area contributed by atoms with Gasteiger partial charge in [0.05, 0.1) is 5.56 Å². The van der Waals surface area contributed by atoms with Crippen molar-refractivity contribution >= 4 is 16.0 Å². The summed E-state index contributed by atoms with van der Waals surface area (Å²) >= 11 is 0. The van der Waals surface area contributed by atoms with Crippen LogP contribution < -0.4 is 4.72 Å². The van der Waals surface area contributed by atoms with Crippen molar-refractivity contribution in [1.82, 2.24) is 14.3 Å². The molecule has 0 fully saturated rings. The summed E-state index contributed by atoms with van der Waals surface area (Å²) in [5, 5.41) is 8.92. The molecule has 0 saturated carbocycles. The summed E-state index contributed by atoms with van der Waals surface area (Å²) in [5.41, 5.74) is 0.954. The van der Waals surface area contributed by atoms with Gasteiger partial charge >= 0.3 is 5.97 Å². The quantitative estimate of drug-likeness (QED) is 0.795. The van der Waals surface area contributed by atoms with Crippen LogP contribution in [0, 0.1) is 0 Å². The van der Waals surface area contributed by atoms with Crippen molar-refractivity contribution in [3.05, 3.63) is 48.0 Å². The molecule has 0 spiro atoms. The molecule has 2 N–H and O–H groups in total. The molecule has 124 valence electrons. The fraction of sp³-hybridized carbons (Fsp3) is 0.333. The number of hydrogen-bond acceptors (Lipinski definition) is 4. The Kier molecular flexibility index (Phi) is 5.17. The van der Waals surface area contributed by atoms with Crippen LogP contribution in [0.15, 0.2) is 41.7 Å². The number of carbonyl (C=O) groups is 1. The van der Waals surface area contributed by atoms with Crippen molar-refractivity contribution in [1.29, 1.82) is 0 Å². The van der Waals surface area contributed by atoms with Crippen molar-refractivity contribution in [3.8, 4) is 0 Å². The van der Waals surface area contributed by atoms with Crippen LogP contribution in [0.3, 0.4) is 0 Å². The van der Waals surface area contributed by atoms with Crippen LogP contribution in [0.5, 0.6) is 0 Å². The average molecular weight is 337 g/mol. The van der Waals surface area contributed by atoms with Crippen LogP contribution in [0.25, 0.3) is 0 Å². The Morgan fingerprint density at radius 1 is 1.43 bits per heavy atom.